The van der Waals surface area contributed by atoms with Crippen LogP contribution in [0.4, 0.5) is 0 Å². The number of rotatable bonds is 5. The lowest BCUT2D eigenvalue weighted by Crippen LogP contribution is -2.33. The Kier molecular flexibility index (Phi) is 4.94. The summed E-state index contributed by atoms with van der Waals surface area (Å²) in [5.41, 5.74) is 0. The van der Waals surface area contributed by atoms with Gasteiger partial charge in [-0.3, -0.25) is 0 Å². The van der Waals surface area contributed by atoms with Gasteiger partial charge in [-0.1, -0.05) is 0 Å². The number of hydrogen-bond donors (Lipinski definition) is 0. The molecule has 1 aliphatic rings. The monoisotopic (exact) mass is 196 g/mol. The summed E-state index contributed by atoms with van der Waals surface area (Å²) >= 11 is 0. The summed E-state index contributed by atoms with van der Waals surface area (Å²) in [6.45, 7) is 3.26. The van der Waals surface area contributed by atoms with Crippen LogP contribution >= 0.6 is 0 Å². The van der Waals surface area contributed by atoms with E-state index in [1.165, 1.54) is 38.6 Å². The Bertz CT molecular complexity index is 160. The first-order valence-electron chi connectivity index (χ1n) is 5.58. The highest BCUT2D eigenvalue weighted by molar-refractivity contribution is 5.51. The van der Waals surface area contributed by atoms with Crippen molar-refractivity contribution in [2.75, 3.05) is 33.7 Å². The highest BCUT2D eigenvalue weighted by atomic mass is 15.1. The zero-order chi connectivity index (χ0) is 10.4. The highest BCUT2D eigenvalue weighted by Crippen LogP contribution is 2.20. The van der Waals surface area contributed by atoms with Gasteiger partial charge in [-0.25, -0.2) is 0 Å². The molecule has 0 aromatic rings. The van der Waals surface area contributed by atoms with Crippen LogP contribution in [0.3, 0.4) is 0 Å². The van der Waals surface area contributed by atoms with E-state index in [-0.39, 0.29) is 0 Å². The van der Waals surface area contributed by atoms with Crippen LogP contribution in [0, 0.1) is 5.92 Å². The van der Waals surface area contributed by atoms with Crippen LogP contribution in [0.5, 0.6) is 0 Å². The molecule has 0 aliphatic carbocycles. The SMILES string of the molecule is CN(C)CCCC1CCN(C=[N])CC1. The molecule has 0 spiro atoms. The van der Waals surface area contributed by atoms with E-state index in [0.717, 1.165) is 19.0 Å². The van der Waals surface area contributed by atoms with E-state index >= 15 is 0 Å². The molecule has 1 radical (unpaired) electrons. The van der Waals surface area contributed by atoms with Gasteiger partial charge in [0, 0.05) is 13.1 Å². The molecule has 3 nitrogen and oxygen atoms in total. The first-order chi connectivity index (χ1) is 6.72. The maximum Gasteiger partial charge on any atom is 0.114 e. The summed E-state index contributed by atoms with van der Waals surface area (Å²) < 4.78 is 0. The van der Waals surface area contributed by atoms with Crippen LogP contribution in [-0.4, -0.2) is 49.9 Å². The Morgan fingerprint density at radius 2 is 2.00 bits per heavy atom. The molecule has 1 aliphatic heterocycles. The van der Waals surface area contributed by atoms with Crippen LogP contribution in [0.2, 0.25) is 0 Å². The molecule has 0 saturated carbocycles. The zero-order valence-electron chi connectivity index (χ0n) is 9.45. The number of hydrogen-bond acceptors (Lipinski definition) is 1. The van der Waals surface area contributed by atoms with Crippen molar-refractivity contribution >= 4 is 6.34 Å². The van der Waals surface area contributed by atoms with Gasteiger partial charge in [0.05, 0.1) is 0 Å². The van der Waals surface area contributed by atoms with E-state index < -0.39 is 0 Å². The van der Waals surface area contributed by atoms with Crippen LogP contribution < -0.4 is 5.41 Å². The Balaban J connectivity index is 2.07. The number of nitrogens with zero attached hydrogens (tertiary/aromatic N) is 3. The molecule has 0 bridgehead atoms. The molecule has 1 rings (SSSR count). The van der Waals surface area contributed by atoms with Crippen LogP contribution in [0.1, 0.15) is 25.7 Å². The average Bonchev–Trinajstić information content (AvgIpc) is 2.18. The third kappa shape index (κ3) is 4.09. The van der Waals surface area contributed by atoms with Crippen molar-refractivity contribution in [2.45, 2.75) is 25.7 Å². The molecule has 0 aromatic carbocycles. The highest BCUT2D eigenvalue weighted by Gasteiger charge is 2.16. The Morgan fingerprint density at radius 3 is 2.50 bits per heavy atom. The van der Waals surface area contributed by atoms with Crippen molar-refractivity contribution in [1.29, 1.82) is 0 Å². The molecule has 0 N–H and O–H groups in total. The van der Waals surface area contributed by atoms with Gasteiger partial charge in [-0.05, 0) is 52.2 Å². The van der Waals surface area contributed by atoms with E-state index in [9.17, 15) is 0 Å². The van der Waals surface area contributed by atoms with E-state index in [1.54, 1.807) is 0 Å². The molecular formula is C11H22N3. The third-order valence-electron chi connectivity index (χ3n) is 3.03. The predicted octanol–water partition coefficient (Wildman–Crippen LogP) is 0.869. The summed E-state index contributed by atoms with van der Waals surface area (Å²) in [6, 6.07) is 0. The van der Waals surface area contributed by atoms with Gasteiger partial charge in [0.1, 0.15) is 6.34 Å². The molecule has 1 fully saturated rings. The number of likely N-dealkylation sites (tertiary alicyclic amines) is 1. The molecule has 81 valence electrons. The Morgan fingerprint density at radius 1 is 1.36 bits per heavy atom. The lowest BCUT2D eigenvalue weighted by molar-refractivity contribution is 0.250. The van der Waals surface area contributed by atoms with E-state index in [4.69, 9.17) is 5.41 Å². The zero-order valence-corrected chi connectivity index (χ0v) is 9.45. The molecular weight excluding hydrogens is 174 g/mol. The number of piperidine rings is 1. The van der Waals surface area contributed by atoms with Crippen molar-refractivity contribution in [3.8, 4) is 0 Å². The molecule has 0 aromatic heterocycles. The van der Waals surface area contributed by atoms with Gasteiger partial charge in [-0.2, -0.15) is 0 Å². The Labute approximate surface area is 87.6 Å². The molecule has 0 amide bonds. The van der Waals surface area contributed by atoms with E-state index in [2.05, 4.69) is 19.0 Å². The Hall–Kier alpha value is -0.570. The van der Waals surface area contributed by atoms with Gasteiger partial charge < -0.3 is 9.80 Å². The molecule has 3 heteroatoms. The fraction of sp³-hybridized carbons (Fsp3) is 0.909. The minimum absolute atomic E-state index is 0.881. The first kappa shape index (κ1) is 11.5. The maximum absolute atomic E-state index is 8.82. The minimum Gasteiger partial charge on any atom is -0.361 e. The minimum atomic E-state index is 0.881. The topological polar surface area (TPSA) is 28.8 Å². The van der Waals surface area contributed by atoms with Crippen molar-refractivity contribution in [1.82, 2.24) is 15.2 Å². The van der Waals surface area contributed by atoms with Gasteiger partial charge in [0.15, 0.2) is 0 Å². The van der Waals surface area contributed by atoms with E-state index in [1.807, 2.05) is 4.90 Å². The van der Waals surface area contributed by atoms with Gasteiger partial charge >= 0.3 is 0 Å². The van der Waals surface area contributed by atoms with Crippen molar-refractivity contribution in [3.63, 3.8) is 0 Å². The molecule has 14 heavy (non-hydrogen) atoms. The second-order valence-corrected chi connectivity index (χ2v) is 4.54. The summed E-state index contributed by atoms with van der Waals surface area (Å²) in [4.78, 5) is 4.25. The first-order valence-corrected chi connectivity index (χ1v) is 5.58. The summed E-state index contributed by atoms with van der Waals surface area (Å²) in [5.74, 6) is 0.881. The molecule has 0 atom stereocenters. The van der Waals surface area contributed by atoms with Crippen molar-refractivity contribution < 1.29 is 0 Å². The van der Waals surface area contributed by atoms with Gasteiger partial charge in [-0.15, -0.1) is 5.41 Å². The molecule has 1 heterocycles. The fourth-order valence-corrected chi connectivity index (χ4v) is 2.05. The van der Waals surface area contributed by atoms with Crippen molar-refractivity contribution in [3.05, 3.63) is 0 Å². The van der Waals surface area contributed by atoms with E-state index in [0.29, 0.717) is 0 Å². The lowest BCUT2D eigenvalue weighted by Gasteiger charge is -2.30. The summed E-state index contributed by atoms with van der Waals surface area (Å²) in [7, 11) is 4.26. The normalized spacial score (nSPS) is 18.9. The second-order valence-electron chi connectivity index (χ2n) is 4.54. The van der Waals surface area contributed by atoms with Gasteiger partial charge in [0.2, 0.25) is 0 Å². The summed E-state index contributed by atoms with van der Waals surface area (Å²) in [6.07, 6.45) is 6.36. The summed E-state index contributed by atoms with van der Waals surface area (Å²) in [5, 5.41) is 8.82. The average molecular weight is 196 g/mol. The largest absolute Gasteiger partial charge is 0.361 e. The standard InChI is InChI=1S/C11H22N3/c1-13(2)7-3-4-11-5-8-14(10-12)9-6-11/h10-11H,3-9H2,1-2H3. The molecule has 0 unspecified atom stereocenters. The van der Waals surface area contributed by atoms with Crippen LogP contribution in [0.15, 0.2) is 0 Å². The fourth-order valence-electron chi connectivity index (χ4n) is 2.05. The smallest absolute Gasteiger partial charge is 0.114 e. The second kappa shape index (κ2) is 6.02. The predicted molar refractivity (Wildman–Crippen MR) is 60.3 cm³/mol. The van der Waals surface area contributed by atoms with Crippen LogP contribution in [-0.2, 0) is 0 Å². The quantitative estimate of drug-likeness (QED) is 0.482. The van der Waals surface area contributed by atoms with Gasteiger partial charge in [0.25, 0.3) is 0 Å². The molecule has 1 saturated heterocycles. The third-order valence-corrected chi connectivity index (χ3v) is 3.03. The lowest BCUT2D eigenvalue weighted by atomic mass is 9.92. The van der Waals surface area contributed by atoms with Crippen LogP contribution in [0.25, 0.3) is 0 Å². The van der Waals surface area contributed by atoms with Crippen molar-refractivity contribution in [2.24, 2.45) is 5.92 Å². The maximum atomic E-state index is 8.82.